The van der Waals surface area contributed by atoms with E-state index in [9.17, 15) is 13.2 Å². The summed E-state index contributed by atoms with van der Waals surface area (Å²) < 4.78 is 40.4. The first-order valence-corrected chi connectivity index (χ1v) is 7.92. The van der Waals surface area contributed by atoms with Gasteiger partial charge >= 0.3 is 6.18 Å². The summed E-state index contributed by atoms with van der Waals surface area (Å²) >= 11 is 0. The molecule has 128 valence electrons. The van der Waals surface area contributed by atoms with Gasteiger partial charge in [0, 0.05) is 23.4 Å². The van der Waals surface area contributed by atoms with Crippen LogP contribution >= 0.6 is 0 Å². The lowest BCUT2D eigenvalue weighted by Crippen LogP contribution is -2.07. The third kappa shape index (κ3) is 2.97. The zero-order valence-corrected chi connectivity index (χ0v) is 13.2. The van der Waals surface area contributed by atoms with Crippen LogP contribution in [0.3, 0.4) is 0 Å². The highest BCUT2D eigenvalue weighted by atomic mass is 19.4. The Morgan fingerprint density at radius 1 is 1.08 bits per heavy atom. The lowest BCUT2D eigenvalue weighted by atomic mass is 10.1. The number of aromatic nitrogens is 3. The lowest BCUT2D eigenvalue weighted by Gasteiger charge is -2.09. The molecule has 0 aliphatic heterocycles. The van der Waals surface area contributed by atoms with E-state index in [0.717, 1.165) is 30.0 Å². The third-order valence-corrected chi connectivity index (χ3v) is 4.28. The normalized spacial score (nSPS) is 14.7. The van der Waals surface area contributed by atoms with Gasteiger partial charge in [0.25, 0.3) is 0 Å². The first-order valence-electron chi connectivity index (χ1n) is 7.92. The van der Waals surface area contributed by atoms with Crippen LogP contribution in [0.2, 0.25) is 0 Å². The van der Waals surface area contributed by atoms with Crippen LogP contribution in [0.5, 0.6) is 0 Å². The zero-order chi connectivity index (χ0) is 17.6. The molecule has 2 aromatic heterocycles. The lowest BCUT2D eigenvalue weighted by molar-refractivity contribution is -0.141. The van der Waals surface area contributed by atoms with Gasteiger partial charge in [0.2, 0.25) is 0 Å². The summed E-state index contributed by atoms with van der Waals surface area (Å²) in [6, 6.07) is 11.9. The van der Waals surface area contributed by atoms with Gasteiger partial charge in [-0.15, -0.1) is 0 Å². The van der Waals surface area contributed by atoms with E-state index in [0.29, 0.717) is 17.2 Å². The highest BCUT2D eigenvalue weighted by Gasteiger charge is 2.38. The van der Waals surface area contributed by atoms with E-state index in [1.54, 1.807) is 24.4 Å². The molecule has 1 saturated carbocycles. The first kappa shape index (κ1) is 15.7. The fraction of sp³-hybridized carbons (Fsp3) is 0.222. The Morgan fingerprint density at radius 3 is 2.40 bits per heavy atom. The number of alkyl halides is 3. The molecule has 2 N–H and O–H groups in total. The number of pyridine rings is 1. The molecule has 1 aromatic carbocycles. The van der Waals surface area contributed by atoms with E-state index < -0.39 is 11.9 Å². The van der Waals surface area contributed by atoms with Crippen molar-refractivity contribution in [3.63, 3.8) is 0 Å². The summed E-state index contributed by atoms with van der Waals surface area (Å²) in [7, 11) is 0. The van der Waals surface area contributed by atoms with Crippen LogP contribution < -0.4 is 5.73 Å². The average molecular weight is 344 g/mol. The number of anilines is 1. The maximum Gasteiger partial charge on any atom is 0.435 e. The van der Waals surface area contributed by atoms with Crippen molar-refractivity contribution in [2.45, 2.75) is 24.9 Å². The monoisotopic (exact) mass is 344 g/mol. The summed E-state index contributed by atoms with van der Waals surface area (Å²) in [5, 5.41) is 3.79. The number of halogens is 3. The Morgan fingerprint density at radius 2 is 1.80 bits per heavy atom. The van der Waals surface area contributed by atoms with Crippen LogP contribution in [0.25, 0.3) is 16.8 Å². The van der Waals surface area contributed by atoms with Gasteiger partial charge in [-0.1, -0.05) is 12.1 Å². The minimum atomic E-state index is -4.45. The fourth-order valence-corrected chi connectivity index (χ4v) is 2.85. The highest BCUT2D eigenvalue weighted by molar-refractivity contribution is 5.74. The number of hydrogen-bond acceptors (Lipinski definition) is 3. The van der Waals surface area contributed by atoms with Gasteiger partial charge in [-0.2, -0.15) is 18.3 Å². The summed E-state index contributed by atoms with van der Waals surface area (Å²) in [5.41, 5.74) is 7.87. The molecule has 0 unspecified atom stereocenters. The van der Waals surface area contributed by atoms with Gasteiger partial charge in [0.1, 0.15) is 5.82 Å². The minimum absolute atomic E-state index is 0.150. The van der Waals surface area contributed by atoms with Crippen molar-refractivity contribution >= 4 is 5.82 Å². The van der Waals surface area contributed by atoms with E-state index in [-0.39, 0.29) is 5.92 Å². The molecule has 0 bridgehead atoms. The molecule has 0 radical (unpaired) electrons. The molecular weight excluding hydrogens is 329 g/mol. The standard InChI is InChI=1S/C18H15F3N4/c19-18(20,21)16-10-15(12-3-4-12)25(24-16)13-7-5-11(6-8-13)14-2-1-9-23-17(14)22/h1-2,5-10,12H,3-4H2,(H2,22,23). The topological polar surface area (TPSA) is 56.7 Å². The minimum Gasteiger partial charge on any atom is -0.383 e. The second kappa shape index (κ2) is 5.61. The van der Waals surface area contributed by atoms with E-state index in [4.69, 9.17) is 5.73 Å². The molecule has 0 saturated heterocycles. The van der Waals surface area contributed by atoms with Gasteiger partial charge in [0.15, 0.2) is 5.69 Å². The molecule has 3 aromatic rings. The second-order valence-corrected chi connectivity index (χ2v) is 6.12. The van der Waals surface area contributed by atoms with Gasteiger partial charge in [-0.3, -0.25) is 0 Å². The Kier molecular flexibility index (Phi) is 3.52. The first-order chi connectivity index (χ1) is 11.9. The predicted molar refractivity (Wildman–Crippen MR) is 88.2 cm³/mol. The number of nitrogen functional groups attached to an aromatic ring is 1. The molecule has 1 aliphatic carbocycles. The largest absolute Gasteiger partial charge is 0.435 e. The van der Waals surface area contributed by atoms with Crippen molar-refractivity contribution in [1.29, 1.82) is 0 Å². The van der Waals surface area contributed by atoms with E-state index >= 15 is 0 Å². The van der Waals surface area contributed by atoms with Crippen LogP contribution in [0.15, 0.2) is 48.7 Å². The predicted octanol–water partition coefficient (Wildman–Crippen LogP) is 4.41. The SMILES string of the molecule is Nc1ncccc1-c1ccc(-n2nc(C(F)(F)F)cc2C2CC2)cc1. The van der Waals surface area contributed by atoms with Crippen LogP contribution in [0.4, 0.5) is 19.0 Å². The Labute approximate surface area is 142 Å². The van der Waals surface area contributed by atoms with Gasteiger partial charge in [-0.05, 0) is 48.7 Å². The summed E-state index contributed by atoms with van der Waals surface area (Å²) in [6.07, 6.45) is -1.04. The van der Waals surface area contributed by atoms with Gasteiger partial charge in [0.05, 0.1) is 5.69 Å². The van der Waals surface area contributed by atoms with Crippen LogP contribution in [-0.2, 0) is 6.18 Å². The molecule has 1 fully saturated rings. The van der Waals surface area contributed by atoms with Gasteiger partial charge in [-0.25, -0.2) is 9.67 Å². The van der Waals surface area contributed by atoms with E-state index in [1.807, 2.05) is 18.2 Å². The maximum atomic E-state index is 13.0. The van der Waals surface area contributed by atoms with Crippen molar-refractivity contribution in [1.82, 2.24) is 14.8 Å². The molecule has 25 heavy (non-hydrogen) atoms. The van der Waals surface area contributed by atoms with Crippen LogP contribution in [-0.4, -0.2) is 14.8 Å². The number of nitrogens with two attached hydrogens (primary N) is 1. The number of benzene rings is 1. The fourth-order valence-electron chi connectivity index (χ4n) is 2.85. The van der Waals surface area contributed by atoms with Crippen molar-refractivity contribution in [3.8, 4) is 16.8 Å². The maximum absolute atomic E-state index is 13.0. The van der Waals surface area contributed by atoms with Crippen molar-refractivity contribution < 1.29 is 13.2 Å². The van der Waals surface area contributed by atoms with Crippen LogP contribution in [0.1, 0.15) is 30.1 Å². The smallest absolute Gasteiger partial charge is 0.383 e. The zero-order valence-electron chi connectivity index (χ0n) is 13.2. The van der Waals surface area contributed by atoms with Gasteiger partial charge < -0.3 is 5.73 Å². The summed E-state index contributed by atoms with van der Waals surface area (Å²) in [6.45, 7) is 0. The van der Waals surface area contributed by atoms with Crippen molar-refractivity contribution in [2.75, 3.05) is 5.73 Å². The van der Waals surface area contributed by atoms with Crippen molar-refractivity contribution in [3.05, 3.63) is 60.0 Å². The molecule has 0 atom stereocenters. The molecule has 0 amide bonds. The van der Waals surface area contributed by atoms with E-state index in [2.05, 4.69) is 10.1 Å². The molecular formula is C18H15F3N4. The van der Waals surface area contributed by atoms with E-state index in [1.165, 1.54) is 4.68 Å². The van der Waals surface area contributed by atoms with Crippen LogP contribution in [0, 0.1) is 0 Å². The molecule has 4 rings (SSSR count). The number of hydrogen-bond donors (Lipinski definition) is 1. The number of nitrogens with zero attached hydrogens (tertiary/aromatic N) is 3. The summed E-state index contributed by atoms with van der Waals surface area (Å²) in [5.74, 6) is 0.560. The van der Waals surface area contributed by atoms with Crippen molar-refractivity contribution in [2.24, 2.45) is 0 Å². The molecule has 0 spiro atoms. The molecule has 1 aliphatic rings. The highest BCUT2D eigenvalue weighted by Crippen LogP contribution is 2.43. The Balaban J connectivity index is 1.73. The summed E-state index contributed by atoms with van der Waals surface area (Å²) in [4.78, 5) is 4.05. The molecule has 7 heteroatoms. The Bertz CT molecular complexity index is 909. The molecule has 2 heterocycles. The second-order valence-electron chi connectivity index (χ2n) is 6.12. The quantitative estimate of drug-likeness (QED) is 0.765. The molecule has 4 nitrogen and oxygen atoms in total. The average Bonchev–Trinajstić information content (AvgIpc) is 3.32. The number of rotatable bonds is 3. The Hall–Kier alpha value is -2.83. The third-order valence-electron chi connectivity index (χ3n) is 4.28.